The summed E-state index contributed by atoms with van der Waals surface area (Å²) in [5.41, 5.74) is 0. The molecule has 0 saturated carbocycles. The van der Waals surface area contributed by atoms with Gasteiger partial charge in [-0.15, -0.1) is 0 Å². The van der Waals surface area contributed by atoms with Crippen LogP contribution in [0.15, 0.2) is 11.2 Å². The Kier molecular flexibility index (Phi) is 3.62. The molecule has 4 nitrogen and oxygen atoms in total. The monoisotopic (exact) mass is 220 g/mol. The minimum absolute atomic E-state index is 0.191. The van der Waals surface area contributed by atoms with Crippen molar-refractivity contribution in [2.45, 2.75) is 12.1 Å². The largest absolute Gasteiger partial charge is 0.478 e. The van der Waals surface area contributed by atoms with E-state index in [9.17, 15) is 4.21 Å². The first kappa shape index (κ1) is 10.4. The van der Waals surface area contributed by atoms with Crippen LogP contribution in [-0.4, -0.2) is 27.0 Å². The van der Waals surface area contributed by atoms with Gasteiger partial charge in [-0.05, 0) is 6.92 Å². The standard InChI is InChI=1S/C7H9ClN2O2S/c1-3-12-6-4-5(8)9-7(10-6)13(2)11/h4H,3H2,1-2H3. The molecule has 0 N–H and O–H groups in total. The van der Waals surface area contributed by atoms with Gasteiger partial charge in [0.2, 0.25) is 11.0 Å². The minimum Gasteiger partial charge on any atom is -0.478 e. The van der Waals surface area contributed by atoms with E-state index in [1.807, 2.05) is 6.92 Å². The van der Waals surface area contributed by atoms with E-state index < -0.39 is 10.8 Å². The Balaban J connectivity index is 3.03. The first-order valence-electron chi connectivity index (χ1n) is 3.64. The molecule has 0 aromatic carbocycles. The Morgan fingerprint density at radius 3 is 2.85 bits per heavy atom. The Labute approximate surface area is 83.8 Å². The first-order chi connectivity index (χ1) is 6.13. The molecule has 1 rings (SSSR count). The molecule has 1 atom stereocenters. The van der Waals surface area contributed by atoms with Crippen LogP contribution in [0, 0.1) is 0 Å². The lowest BCUT2D eigenvalue weighted by molar-refractivity contribution is 0.323. The van der Waals surface area contributed by atoms with E-state index in [1.54, 1.807) is 0 Å². The van der Waals surface area contributed by atoms with Gasteiger partial charge in [0.1, 0.15) is 5.15 Å². The molecule has 72 valence electrons. The molecule has 0 bridgehead atoms. The Morgan fingerprint density at radius 2 is 2.31 bits per heavy atom. The highest BCUT2D eigenvalue weighted by molar-refractivity contribution is 7.84. The first-order valence-corrected chi connectivity index (χ1v) is 5.58. The van der Waals surface area contributed by atoms with Crippen LogP contribution in [0.5, 0.6) is 5.88 Å². The van der Waals surface area contributed by atoms with Gasteiger partial charge in [0.15, 0.2) is 0 Å². The molecule has 13 heavy (non-hydrogen) atoms. The summed E-state index contributed by atoms with van der Waals surface area (Å²) in [6.07, 6.45) is 1.49. The lowest BCUT2D eigenvalue weighted by Crippen LogP contribution is -2.01. The number of halogens is 1. The summed E-state index contributed by atoms with van der Waals surface area (Å²) in [4.78, 5) is 7.69. The molecule has 1 unspecified atom stereocenters. The second kappa shape index (κ2) is 4.53. The van der Waals surface area contributed by atoms with Crippen LogP contribution in [0.3, 0.4) is 0 Å². The van der Waals surface area contributed by atoms with Crippen LogP contribution in [0.2, 0.25) is 5.15 Å². The maximum atomic E-state index is 11.0. The second-order valence-electron chi connectivity index (χ2n) is 2.20. The van der Waals surface area contributed by atoms with Gasteiger partial charge >= 0.3 is 0 Å². The predicted molar refractivity (Wildman–Crippen MR) is 50.5 cm³/mol. The normalized spacial score (nSPS) is 12.5. The number of hydrogen-bond donors (Lipinski definition) is 0. The highest BCUT2D eigenvalue weighted by Crippen LogP contribution is 2.14. The van der Waals surface area contributed by atoms with E-state index in [2.05, 4.69) is 9.97 Å². The van der Waals surface area contributed by atoms with Crippen molar-refractivity contribution < 1.29 is 8.95 Å². The van der Waals surface area contributed by atoms with Crippen molar-refractivity contribution in [3.8, 4) is 5.88 Å². The molecule has 0 aliphatic heterocycles. The number of ether oxygens (including phenoxy) is 1. The molecular weight excluding hydrogens is 212 g/mol. The highest BCUT2D eigenvalue weighted by Gasteiger charge is 2.06. The van der Waals surface area contributed by atoms with Gasteiger partial charge in [0, 0.05) is 12.3 Å². The SMILES string of the molecule is CCOc1cc(Cl)nc(S(C)=O)n1. The van der Waals surface area contributed by atoms with E-state index in [0.717, 1.165) is 0 Å². The van der Waals surface area contributed by atoms with Gasteiger partial charge < -0.3 is 4.74 Å². The Bertz CT molecular complexity index is 332. The zero-order valence-corrected chi connectivity index (χ0v) is 8.85. The lowest BCUT2D eigenvalue weighted by Gasteiger charge is -2.02. The highest BCUT2D eigenvalue weighted by atomic mass is 35.5. The molecule has 0 amide bonds. The summed E-state index contributed by atoms with van der Waals surface area (Å²) in [7, 11) is -1.24. The van der Waals surface area contributed by atoms with Crippen LogP contribution >= 0.6 is 11.6 Å². The fourth-order valence-electron chi connectivity index (χ4n) is 0.727. The van der Waals surface area contributed by atoms with Crippen LogP contribution in [0.4, 0.5) is 0 Å². The number of hydrogen-bond acceptors (Lipinski definition) is 4. The average Bonchev–Trinajstić information content (AvgIpc) is 2.03. The quantitative estimate of drug-likeness (QED) is 0.569. The van der Waals surface area contributed by atoms with E-state index >= 15 is 0 Å². The van der Waals surface area contributed by atoms with Crippen molar-refractivity contribution in [3.05, 3.63) is 11.2 Å². The van der Waals surface area contributed by atoms with E-state index in [0.29, 0.717) is 12.5 Å². The van der Waals surface area contributed by atoms with Crippen molar-refractivity contribution in [2.24, 2.45) is 0 Å². The molecule has 0 aliphatic carbocycles. The van der Waals surface area contributed by atoms with Gasteiger partial charge in [-0.2, -0.15) is 4.98 Å². The van der Waals surface area contributed by atoms with Crippen LogP contribution < -0.4 is 4.74 Å². The fourth-order valence-corrected chi connectivity index (χ4v) is 1.40. The van der Waals surface area contributed by atoms with Crippen LogP contribution in [-0.2, 0) is 10.8 Å². The summed E-state index contributed by atoms with van der Waals surface area (Å²) in [5.74, 6) is 0.354. The Morgan fingerprint density at radius 1 is 1.62 bits per heavy atom. The van der Waals surface area contributed by atoms with Crippen LogP contribution in [0.25, 0.3) is 0 Å². The van der Waals surface area contributed by atoms with Crippen molar-refractivity contribution >= 4 is 22.4 Å². The zero-order chi connectivity index (χ0) is 9.84. The van der Waals surface area contributed by atoms with Gasteiger partial charge in [0.25, 0.3) is 0 Å². The van der Waals surface area contributed by atoms with E-state index in [4.69, 9.17) is 16.3 Å². The third-order valence-electron chi connectivity index (χ3n) is 1.20. The fraction of sp³-hybridized carbons (Fsp3) is 0.429. The van der Waals surface area contributed by atoms with Crippen molar-refractivity contribution in [1.29, 1.82) is 0 Å². The summed E-state index contributed by atoms with van der Waals surface area (Å²) in [5, 5.41) is 0.430. The van der Waals surface area contributed by atoms with Gasteiger partial charge in [0.05, 0.1) is 17.4 Å². The third kappa shape index (κ3) is 2.93. The molecule has 6 heteroatoms. The number of aromatic nitrogens is 2. The smallest absolute Gasteiger partial charge is 0.222 e. The van der Waals surface area contributed by atoms with Crippen molar-refractivity contribution in [2.75, 3.05) is 12.9 Å². The summed E-state index contributed by atoms with van der Waals surface area (Å²) >= 11 is 5.66. The lowest BCUT2D eigenvalue weighted by atomic mass is 10.6. The van der Waals surface area contributed by atoms with Gasteiger partial charge in [-0.1, -0.05) is 11.6 Å². The molecule has 0 radical (unpaired) electrons. The van der Waals surface area contributed by atoms with E-state index in [-0.39, 0.29) is 10.3 Å². The summed E-state index contributed by atoms with van der Waals surface area (Å²) in [6, 6.07) is 1.49. The number of rotatable bonds is 3. The maximum absolute atomic E-state index is 11.0. The van der Waals surface area contributed by atoms with E-state index in [1.165, 1.54) is 12.3 Å². The second-order valence-corrected chi connectivity index (χ2v) is 3.86. The summed E-state index contributed by atoms with van der Waals surface area (Å²) in [6.45, 7) is 2.32. The number of nitrogens with zero attached hydrogens (tertiary/aromatic N) is 2. The Hall–Kier alpha value is -0.680. The minimum atomic E-state index is -1.24. The third-order valence-corrected chi connectivity index (χ3v) is 2.09. The molecular formula is C7H9ClN2O2S. The van der Waals surface area contributed by atoms with Crippen molar-refractivity contribution in [3.63, 3.8) is 0 Å². The molecule has 0 aliphatic rings. The average molecular weight is 221 g/mol. The summed E-state index contributed by atoms with van der Waals surface area (Å²) < 4.78 is 16.1. The topological polar surface area (TPSA) is 52.1 Å². The predicted octanol–water partition coefficient (Wildman–Crippen LogP) is 1.27. The molecule has 0 fully saturated rings. The molecule has 1 aromatic rings. The zero-order valence-electron chi connectivity index (χ0n) is 7.28. The van der Waals surface area contributed by atoms with Gasteiger partial charge in [-0.25, -0.2) is 4.98 Å². The molecule has 1 aromatic heterocycles. The van der Waals surface area contributed by atoms with Gasteiger partial charge in [-0.3, -0.25) is 4.21 Å². The van der Waals surface area contributed by atoms with Crippen LogP contribution in [0.1, 0.15) is 6.92 Å². The molecule has 0 spiro atoms. The van der Waals surface area contributed by atoms with Crippen molar-refractivity contribution in [1.82, 2.24) is 9.97 Å². The molecule has 1 heterocycles. The maximum Gasteiger partial charge on any atom is 0.222 e. The molecule has 0 saturated heterocycles.